The first-order chi connectivity index (χ1) is 40.8. The number of nitrogens with zero attached hydrogens (tertiary/aromatic N) is 8. The van der Waals surface area contributed by atoms with Gasteiger partial charge in [0.05, 0.1) is 83.6 Å². The molecule has 0 amide bonds. The third-order valence-corrected chi connectivity index (χ3v) is 17.4. The van der Waals surface area contributed by atoms with E-state index in [9.17, 15) is 5.26 Å². The van der Waals surface area contributed by atoms with Crippen molar-refractivity contribution in [3.05, 3.63) is 259 Å². The van der Waals surface area contributed by atoms with Crippen LogP contribution in [0.3, 0.4) is 0 Å². The maximum absolute atomic E-state index is 13.1. The summed E-state index contributed by atoms with van der Waals surface area (Å²) in [6, 6.07) is 82.5. The SMILES string of the molecule is Cc1ccc2c(c1)c1ccccc1n2-c1c(C#N)c(-n2c3ccccc3c3cc(C)ccc32)c(-n2c3ccccc3c3cc(C)ccc32)c(-c2ccccc2-n2c3cccnc3c3ncccc32)c1-n1c2ccccc2c2cc(C)ccc21. The lowest BCUT2D eigenvalue weighted by Crippen LogP contribution is -2.17. The predicted molar refractivity (Wildman–Crippen MR) is 343 cm³/mol. The molecule has 7 aromatic heterocycles. The highest BCUT2D eigenvalue weighted by Crippen LogP contribution is 2.53. The molecule has 0 aliphatic carbocycles. The van der Waals surface area contributed by atoms with Gasteiger partial charge in [-0.1, -0.05) is 138 Å². The van der Waals surface area contributed by atoms with Crippen molar-refractivity contribution in [2.45, 2.75) is 27.7 Å². The summed E-state index contributed by atoms with van der Waals surface area (Å²) in [5, 5.41) is 22.0. The van der Waals surface area contributed by atoms with Gasteiger partial charge >= 0.3 is 0 Å². The molecule has 0 atom stereocenters. The van der Waals surface area contributed by atoms with E-state index in [1.807, 2.05) is 24.5 Å². The van der Waals surface area contributed by atoms with Crippen molar-refractivity contribution < 1.29 is 0 Å². The highest BCUT2D eigenvalue weighted by Gasteiger charge is 2.36. The molecule has 0 N–H and O–H groups in total. The van der Waals surface area contributed by atoms with Gasteiger partial charge in [-0.25, -0.2) is 0 Å². The van der Waals surface area contributed by atoms with E-state index in [0.717, 1.165) is 171 Å². The van der Waals surface area contributed by atoms with Crippen LogP contribution in [0.5, 0.6) is 0 Å². The number of fused-ring (bicyclic) bond motifs is 15. The molecule has 17 aromatic rings. The van der Waals surface area contributed by atoms with Crippen molar-refractivity contribution in [2.24, 2.45) is 0 Å². The Morgan fingerprint density at radius 1 is 0.301 bits per heavy atom. The van der Waals surface area contributed by atoms with Gasteiger partial charge in [0, 0.05) is 66.6 Å². The lowest BCUT2D eigenvalue weighted by molar-refractivity contribution is 1.03. The van der Waals surface area contributed by atoms with Crippen LogP contribution in [0.2, 0.25) is 0 Å². The highest BCUT2D eigenvalue weighted by molar-refractivity contribution is 6.18. The second kappa shape index (κ2) is 17.5. The lowest BCUT2D eigenvalue weighted by Gasteiger charge is -2.30. The van der Waals surface area contributed by atoms with Gasteiger partial charge in [0.2, 0.25) is 0 Å². The third kappa shape index (κ3) is 6.50. The quantitative estimate of drug-likeness (QED) is 0.167. The van der Waals surface area contributed by atoms with Crippen molar-refractivity contribution >= 4 is 109 Å². The molecule has 0 bridgehead atoms. The van der Waals surface area contributed by atoms with E-state index in [1.54, 1.807) is 0 Å². The maximum Gasteiger partial charge on any atom is 0.115 e. The standard InChI is InChI=1S/C75H50N8/c1-44-29-33-63-53(39-44)48-17-5-10-22-58(48)80(63)72-57(43-76)73(81-59-23-11-6-18-49(59)54-40-45(2)30-34-64(54)81)75(83-61-25-13-8-20-51(61)56-42-47(4)32-36-66(56)83)69(74(72)82-60-24-12-7-19-50(60)55-41-46(3)31-35-65(55)82)52-21-9-14-26-62(52)79-67-27-15-37-77-70(67)71-68(79)28-16-38-78-71/h5-42H,1-4H3. The second-order valence-electron chi connectivity index (χ2n) is 22.3. The second-order valence-corrected chi connectivity index (χ2v) is 22.3. The van der Waals surface area contributed by atoms with Gasteiger partial charge in [-0.15, -0.1) is 0 Å². The number of nitriles is 1. The van der Waals surface area contributed by atoms with Gasteiger partial charge in [-0.3, -0.25) is 9.97 Å². The van der Waals surface area contributed by atoms with Crippen molar-refractivity contribution in [3.8, 4) is 45.6 Å². The number of hydrogen-bond donors (Lipinski definition) is 0. The normalized spacial score (nSPS) is 12.1. The number of benzene rings is 10. The molecule has 0 aliphatic heterocycles. The molecule has 390 valence electrons. The molecule has 17 rings (SSSR count). The summed E-state index contributed by atoms with van der Waals surface area (Å²) in [5.74, 6) is 0. The number of hydrogen-bond acceptors (Lipinski definition) is 3. The fourth-order valence-electron chi connectivity index (χ4n) is 14.0. The number of aromatic nitrogens is 7. The molecule has 0 spiro atoms. The molecule has 83 heavy (non-hydrogen) atoms. The van der Waals surface area contributed by atoms with E-state index in [0.29, 0.717) is 5.56 Å². The van der Waals surface area contributed by atoms with Crippen molar-refractivity contribution in [3.63, 3.8) is 0 Å². The summed E-state index contributed by atoms with van der Waals surface area (Å²) in [4.78, 5) is 10.1. The van der Waals surface area contributed by atoms with Crippen molar-refractivity contribution in [1.29, 1.82) is 5.26 Å². The zero-order valence-corrected chi connectivity index (χ0v) is 46.0. The maximum atomic E-state index is 13.1. The van der Waals surface area contributed by atoms with Crippen LogP contribution in [-0.2, 0) is 0 Å². The summed E-state index contributed by atoms with van der Waals surface area (Å²) in [6.07, 6.45) is 3.72. The summed E-state index contributed by atoms with van der Waals surface area (Å²) in [5.41, 5.74) is 22.7. The van der Waals surface area contributed by atoms with Gasteiger partial charge in [0.15, 0.2) is 0 Å². The molecular weight excluding hydrogens is 1010 g/mol. The fourth-order valence-corrected chi connectivity index (χ4v) is 14.0. The molecule has 0 fully saturated rings. The Balaban J connectivity index is 1.24. The minimum atomic E-state index is 0.518. The van der Waals surface area contributed by atoms with Crippen LogP contribution in [-0.4, -0.2) is 32.8 Å². The molecule has 10 aromatic carbocycles. The fraction of sp³-hybridized carbons (Fsp3) is 0.0533. The summed E-state index contributed by atoms with van der Waals surface area (Å²) >= 11 is 0. The van der Waals surface area contributed by atoms with Crippen LogP contribution in [0.1, 0.15) is 27.8 Å². The van der Waals surface area contributed by atoms with Crippen LogP contribution in [0.4, 0.5) is 0 Å². The van der Waals surface area contributed by atoms with Crippen LogP contribution in [0.15, 0.2) is 231 Å². The number of para-hydroxylation sites is 5. The molecule has 0 radical (unpaired) electrons. The zero-order valence-electron chi connectivity index (χ0n) is 46.0. The van der Waals surface area contributed by atoms with Crippen LogP contribution in [0.25, 0.3) is 149 Å². The van der Waals surface area contributed by atoms with Crippen molar-refractivity contribution in [2.75, 3.05) is 0 Å². The molecule has 8 nitrogen and oxygen atoms in total. The van der Waals surface area contributed by atoms with Crippen LogP contribution < -0.4 is 0 Å². The third-order valence-electron chi connectivity index (χ3n) is 17.4. The molecule has 0 aliphatic rings. The Morgan fingerprint density at radius 3 is 0.988 bits per heavy atom. The average molecular weight is 1060 g/mol. The summed E-state index contributed by atoms with van der Waals surface area (Å²) in [6.45, 7) is 8.67. The summed E-state index contributed by atoms with van der Waals surface area (Å²) in [7, 11) is 0. The van der Waals surface area contributed by atoms with Crippen LogP contribution in [0, 0.1) is 39.0 Å². The Morgan fingerprint density at radius 2 is 0.614 bits per heavy atom. The van der Waals surface area contributed by atoms with Gasteiger partial charge < -0.3 is 22.8 Å². The predicted octanol–water partition coefficient (Wildman–Crippen LogP) is 18.7. The first-order valence-electron chi connectivity index (χ1n) is 28.3. The average Bonchev–Trinajstić information content (AvgIpc) is 1.78. The number of rotatable bonds is 6. The smallest absolute Gasteiger partial charge is 0.115 e. The van der Waals surface area contributed by atoms with E-state index < -0.39 is 0 Å². The first kappa shape index (κ1) is 46.9. The molecule has 8 heteroatoms. The van der Waals surface area contributed by atoms with E-state index in [2.05, 4.69) is 263 Å². The van der Waals surface area contributed by atoms with E-state index in [-0.39, 0.29) is 0 Å². The van der Waals surface area contributed by atoms with Crippen molar-refractivity contribution in [1.82, 2.24) is 32.8 Å². The number of pyridine rings is 2. The Hall–Kier alpha value is -11.0. The Labute approximate surface area is 476 Å². The molecular formula is C75H50N8. The largest absolute Gasteiger partial charge is 0.306 e. The van der Waals surface area contributed by atoms with Gasteiger partial charge in [-0.05, 0) is 131 Å². The van der Waals surface area contributed by atoms with Gasteiger partial charge in [-0.2, -0.15) is 5.26 Å². The minimum absolute atomic E-state index is 0.518. The van der Waals surface area contributed by atoms with Crippen LogP contribution >= 0.6 is 0 Å². The Bertz CT molecular complexity index is 5390. The van der Waals surface area contributed by atoms with Gasteiger partial charge in [0.25, 0.3) is 0 Å². The number of aryl methyl sites for hydroxylation is 4. The first-order valence-corrected chi connectivity index (χ1v) is 28.3. The summed E-state index contributed by atoms with van der Waals surface area (Å²) < 4.78 is 12.1. The molecule has 0 saturated heterocycles. The molecule has 0 unspecified atom stereocenters. The zero-order chi connectivity index (χ0) is 55.4. The molecule has 7 heterocycles. The minimum Gasteiger partial charge on any atom is -0.306 e. The lowest BCUT2D eigenvalue weighted by atomic mass is 9.92. The van der Waals surface area contributed by atoms with E-state index in [1.165, 1.54) is 0 Å². The highest BCUT2D eigenvalue weighted by atomic mass is 15.1. The molecule has 0 saturated carbocycles. The Kier molecular flexibility index (Phi) is 9.88. The monoisotopic (exact) mass is 1060 g/mol. The topological polar surface area (TPSA) is 74.2 Å². The van der Waals surface area contributed by atoms with E-state index in [4.69, 9.17) is 9.97 Å². The van der Waals surface area contributed by atoms with Gasteiger partial charge in [0.1, 0.15) is 22.7 Å². The van der Waals surface area contributed by atoms with E-state index >= 15 is 0 Å².